The molecule has 7 heteroatoms. The van der Waals surface area contributed by atoms with Crippen molar-refractivity contribution in [2.75, 3.05) is 6.61 Å². The van der Waals surface area contributed by atoms with Crippen molar-refractivity contribution in [1.29, 1.82) is 0 Å². The lowest BCUT2D eigenvalue weighted by molar-refractivity contribution is -0.385. The highest BCUT2D eigenvalue weighted by atomic mass is 79.9. The normalized spacial score (nSPS) is 16.1. The average molecular weight is 377 g/mol. The number of halogens is 1. The molecular formula is C16H13BrN2O4. The van der Waals surface area contributed by atoms with Gasteiger partial charge in [-0.1, -0.05) is 18.2 Å². The standard InChI is InChI=1S/C16H13BrN2O4/c17-12-6-5-10(9-14(12)19(21)22)16(20)18-13-7-8-23-15-4-2-1-3-11(13)15/h1-6,9,13H,7-8H2,(H,18,20)/t13-/m1/s1. The van der Waals surface area contributed by atoms with Crippen LogP contribution in [-0.4, -0.2) is 17.4 Å². The highest BCUT2D eigenvalue weighted by Crippen LogP contribution is 2.32. The van der Waals surface area contributed by atoms with Gasteiger partial charge < -0.3 is 10.1 Å². The van der Waals surface area contributed by atoms with E-state index in [4.69, 9.17) is 4.74 Å². The van der Waals surface area contributed by atoms with E-state index >= 15 is 0 Å². The Morgan fingerprint density at radius 3 is 2.87 bits per heavy atom. The molecule has 0 saturated carbocycles. The van der Waals surface area contributed by atoms with Crippen LogP contribution in [0.4, 0.5) is 5.69 Å². The maximum Gasteiger partial charge on any atom is 0.284 e. The number of nitrogens with one attached hydrogen (secondary N) is 1. The van der Waals surface area contributed by atoms with Crippen molar-refractivity contribution in [3.63, 3.8) is 0 Å². The topological polar surface area (TPSA) is 81.5 Å². The molecule has 118 valence electrons. The van der Waals surface area contributed by atoms with Gasteiger partial charge in [0, 0.05) is 23.6 Å². The molecule has 1 amide bonds. The van der Waals surface area contributed by atoms with Crippen molar-refractivity contribution in [2.24, 2.45) is 0 Å². The van der Waals surface area contributed by atoms with E-state index in [0.717, 1.165) is 11.3 Å². The van der Waals surface area contributed by atoms with E-state index in [1.54, 1.807) is 6.07 Å². The van der Waals surface area contributed by atoms with Crippen LogP contribution < -0.4 is 10.1 Å². The second-order valence-electron chi connectivity index (χ2n) is 5.12. The predicted octanol–water partition coefficient (Wildman–Crippen LogP) is 3.61. The van der Waals surface area contributed by atoms with Gasteiger partial charge in [-0.05, 0) is 34.1 Å². The van der Waals surface area contributed by atoms with Gasteiger partial charge in [-0.25, -0.2) is 0 Å². The smallest absolute Gasteiger partial charge is 0.284 e. The fourth-order valence-corrected chi connectivity index (χ4v) is 2.92. The average Bonchev–Trinajstić information content (AvgIpc) is 2.55. The van der Waals surface area contributed by atoms with Crippen LogP contribution in [-0.2, 0) is 0 Å². The molecule has 2 aromatic carbocycles. The minimum atomic E-state index is -0.523. The number of para-hydroxylation sites is 1. The lowest BCUT2D eigenvalue weighted by Crippen LogP contribution is -2.32. The summed E-state index contributed by atoms with van der Waals surface area (Å²) in [6, 6.07) is 11.7. The summed E-state index contributed by atoms with van der Waals surface area (Å²) in [6.45, 7) is 0.516. The summed E-state index contributed by atoms with van der Waals surface area (Å²) in [7, 11) is 0. The Morgan fingerprint density at radius 2 is 2.09 bits per heavy atom. The summed E-state index contributed by atoms with van der Waals surface area (Å²) in [6.07, 6.45) is 0.654. The van der Waals surface area contributed by atoms with Crippen molar-refractivity contribution in [3.8, 4) is 5.75 Å². The third-order valence-electron chi connectivity index (χ3n) is 3.67. The molecule has 0 saturated heterocycles. The molecule has 0 unspecified atom stereocenters. The lowest BCUT2D eigenvalue weighted by Gasteiger charge is -2.26. The molecule has 1 N–H and O–H groups in total. The molecule has 23 heavy (non-hydrogen) atoms. The zero-order chi connectivity index (χ0) is 16.4. The number of amides is 1. The van der Waals surface area contributed by atoms with E-state index in [0.29, 0.717) is 17.5 Å². The third kappa shape index (κ3) is 3.19. The van der Waals surface area contributed by atoms with Crippen LogP contribution in [0.2, 0.25) is 0 Å². The SMILES string of the molecule is O=C(N[C@@H]1CCOc2ccccc21)c1ccc(Br)c([N+](=O)[O-])c1. The number of nitro benzene ring substituents is 1. The van der Waals surface area contributed by atoms with Gasteiger partial charge in [0.15, 0.2) is 0 Å². The molecule has 1 aliphatic rings. The van der Waals surface area contributed by atoms with Gasteiger partial charge in [0.2, 0.25) is 0 Å². The second-order valence-corrected chi connectivity index (χ2v) is 5.98. The Hall–Kier alpha value is -2.41. The zero-order valence-corrected chi connectivity index (χ0v) is 13.6. The Kier molecular flexibility index (Phi) is 4.29. The summed E-state index contributed by atoms with van der Waals surface area (Å²) in [5.74, 6) is 0.410. The van der Waals surface area contributed by atoms with E-state index in [9.17, 15) is 14.9 Å². The number of rotatable bonds is 3. The van der Waals surface area contributed by atoms with Crippen LogP contribution in [0.15, 0.2) is 46.9 Å². The van der Waals surface area contributed by atoms with Crippen molar-refractivity contribution in [2.45, 2.75) is 12.5 Å². The van der Waals surface area contributed by atoms with Crippen molar-refractivity contribution in [3.05, 3.63) is 68.2 Å². The van der Waals surface area contributed by atoms with Gasteiger partial charge in [0.25, 0.3) is 11.6 Å². The molecular weight excluding hydrogens is 364 g/mol. The number of hydrogen-bond acceptors (Lipinski definition) is 4. The first-order valence-corrected chi connectivity index (χ1v) is 7.82. The van der Waals surface area contributed by atoms with Crippen LogP contribution in [0.25, 0.3) is 0 Å². The maximum absolute atomic E-state index is 12.4. The molecule has 1 atom stereocenters. The molecule has 1 heterocycles. The van der Waals surface area contributed by atoms with Crippen molar-refractivity contribution >= 4 is 27.5 Å². The first-order chi connectivity index (χ1) is 11.1. The van der Waals surface area contributed by atoms with Crippen LogP contribution in [0.5, 0.6) is 5.75 Å². The first-order valence-electron chi connectivity index (χ1n) is 7.03. The predicted molar refractivity (Wildman–Crippen MR) is 87.6 cm³/mol. The largest absolute Gasteiger partial charge is 0.493 e. The van der Waals surface area contributed by atoms with Gasteiger partial charge in [0.05, 0.1) is 22.0 Å². The van der Waals surface area contributed by atoms with Gasteiger partial charge in [-0.3, -0.25) is 14.9 Å². The van der Waals surface area contributed by atoms with Gasteiger partial charge >= 0.3 is 0 Å². The summed E-state index contributed by atoms with van der Waals surface area (Å²) in [4.78, 5) is 22.9. The lowest BCUT2D eigenvalue weighted by atomic mass is 10.00. The number of carbonyl (C=O) groups is 1. The highest BCUT2D eigenvalue weighted by molar-refractivity contribution is 9.10. The van der Waals surface area contributed by atoms with Crippen LogP contribution >= 0.6 is 15.9 Å². The zero-order valence-electron chi connectivity index (χ0n) is 12.0. The molecule has 3 rings (SSSR count). The molecule has 1 aliphatic heterocycles. The fourth-order valence-electron chi connectivity index (χ4n) is 2.53. The Bertz CT molecular complexity index is 778. The number of nitrogens with zero attached hydrogens (tertiary/aromatic N) is 1. The molecule has 0 bridgehead atoms. The van der Waals surface area contributed by atoms with Crippen LogP contribution in [0, 0.1) is 10.1 Å². The molecule has 0 aliphatic carbocycles. The number of benzene rings is 2. The number of carbonyl (C=O) groups excluding carboxylic acids is 1. The monoisotopic (exact) mass is 376 g/mol. The minimum absolute atomic E-state index is 0.134. The Morgan fingerprint density at radius 1 is 1.30 bits per heavy atom. The van der Waals surface area contributed by atoms with E-state index in [1.165, 1.54) is 12.1 Å². The molecule has 0 radical (unpaired) electrons. The minimum Gasteiger partial charge on any atom is -0.493 e. The summed E-state index contributed by atoms with van der Waals surface area (Å²) in [5.41, 5.74) is 1.03. The van der Waals surface area contributed by atoms with E-state index in [1.807, 2.05) is 24.3 Å². The highest BCUT2D eigenvalue weighted by Gasteiger charge is 2.24. The molecule has 0 fully saturated rings. The van der Waals surface area contributed by atoms with Gasteiger partial charge in [0.1, 0.15) is 5.75 Å². The summed E-state index contributed by atoms with van der Waals surface area (Å²) in [5, 5.41) is 13.9. The third-order valence-corrected chi connectivity index (χ3v) is 4.34. The van der Waals surface area contributed by atoms with Crippen molar-refractivity contribution < 1.29 is 14.5 Å². The summed E-state index contributed by atoms with van der Waals surface area (Å²) < 4.78 is 5.90. The van der Waals surface area contributed by atoms with E-state index < -0.39 is 4.92 Å². The number of ether oxygens (including phenoxy) is 1. The van der Waals surface area contributed by atoms with Gasteiger partial charge in [-0.15, -0.1) is 0 Å². The Labute approximate surface area is 140 Å². The first kappa shape index (κ1) is 15.5. The van der Waals surface area contributed by atoms with E-state index in [2.05, 4.69) is 21.2 Å². The molecule has 2 aromatic rings. The second kappa shape index (κ2) is 6.37. The molecule has 0 spiro atoms. The molecule has 0 aromatic heterocycles. The van der Waals surface area contributed by atoms with E-state index in [-0.39, 0.29) is 23.2 Å². The van der Waals surface area contributed by atoms with Crippen LogP contribution in [0.1, 0.15) is 28.4 Å². The van der Waals surface area contributed by atoms with Crippen molar-refractivity contribution in [1.82, 2.24) is 5.32 Å². The molecule has 6 nitrogen and oxygen atoms in total. The number of nitro groups is 1. The maximum atomic E-state index is 12.4. The number of hydrogen-bond donors (Lipinski definition) is 1. The number of fused-ring (bicyclic) bond motifs is 1. The fraction of sp³-hybridized carbons (Fsp3) is 0.188. The van der Waals surface area contributed by atoms with Crippen LogP contribution in [0.3, 0.4) is 0 Å². The quantitative estimate of drug-likeness (QED) is 0.655. The Balaban J connectivity index is 1.83. The van der Waals surface area contributed by atoms with Gasteiger partial charge in [-0.2, -0.15) is 0 Å². The summed E-state index contributed by atoms with van der Waals surface area (Å²) >= 11 is 3.11.